The van der Waals surface area contributed by atoms with Crippen molar-refractivity contribution in [1.29, 1.82) is 0 Å². The number of carbonyl (C=O) groups is 1. The molecule has 2 aliphatic rings. The van der Waals surface area contributed by atoms with Crippen LogP contribution < -0.4 is 10.6 Å². The Morgan fingerprint density at radius 3 is 2.46 bits per heavy atom. The number of amides is 1. The van der Waals surface area contributed by atoms with Gasteiger partial charge in [-0.05, 0) is 17.7 Å². The molecule has 184 valence electrons. The number of morpholine rings is 1. The number of rotatable bonds is 5. The number of hydrogen-bond donors (Lipinski definition) is 2. The van der Waals surface area contributed by atoms with Crippen molar-refractivity contribution >= 4 is 28.7 Å². The summed E-state index contributed by atoms with van der Waals surface area (Å²) in [5.41, 5.74) is 8.22. The van der Waals surface area contributed by atoms with E-state index < -0.39 is 6.61 Å². The number of halogens is 1. The van der Waals surface area contributed by atoms with E-state index in [1.54, 1.807) is 17.3 Å². The van der Waals surface area contributed by atoms with Crippen molar-refractivity contribution in [3.05, 3.63) is 35.9 Å². The zero-order valence-electron chi connectivity index (χ0n) is 19.2. The van der Waals surface area contributed by atoms with Crippen LogP contribution in [0.4, 0.5) is 16.3 Å². The average Bonchev–Trinajstić information content (AvgIpc) is 2.89. The van der Waals surface area contributed by atoms with Crippen molar-refractivity contribution in [3.8, 4) is 11.3 Å². The van der Waals surface area contributed by atoms with Crippen LogP contribution in [0.1, 0.15) is 5.56 Å². The molecule has 35 heavy (non-hydrogen) atoms. The molecule has 0 radical (unpaired) electrons. The summed E-state index contributed by atoms with van der Waals surface area (Å²) >= 11 is 0. The lowest BCUT2D eigenvalue weighted by molar-refractivity contribution is -0.135. The second-order valence-electron chi connectivity index (χ2n) is 8.58. The van der Waals surface area contributed by atoms with Crippen LogP contribution in [0.15, 0.2) is 24.5 Å². The summed E-state index contributed by atoms with van der Waals surface area (Å²) in [4.78, 5) is 35.5. The first-order chi connectivity index (χ1) is 17.0. The van der Waals surface area contributed by atoms with Crippen LogP contribution in [0.5, 0.6) is 0 Å². The predicted octanol–water partition coefficient (Wildman–Crippen LogP) is 0.281. The van der Waals surface area contributed by atoms with Gasteiger partial charge in [-0.2, -0.15) is 0 Å². The molecule has 2 aliphatic heterocycles. The van der Waals surface area contributed by atoms with E-state index in [1.807, 2.05) is 0 Å². The van der Waals surface area contributed by atoms with E-state index >= 15 is 0 Å². The monoisotopic (exact) mass is 482 g/mol. The number of aliphatic hydroxyl groups is 1. The Labute approximate surface area is 201 Å². The Morgan fingerprint density at radius 2 is 1.77 bits per heavy atom. The molecule has 2 aromatic heterocycles. The standard InChI is InChI=1S/C23H27FN8O3/c24-17-9-15(13-30-1-3-31(4-2-30)19(34)14-33)20-18(10-17)21(16-11-26-22(25)27-12-16)29-23(28-20)32-5-7-35-8-6-32/h9-12,33H,1-8,13-14H2,(H2,25,26,27). The quantitative estimate of drug-likeness (QED) is 0.522. The zero-order chi connectivity index (χ0) is 24.4. The van der Waals surface area contributed by atoms with Gasteiger partial charge in [0, 0.05) is 69.2 Å². The highest BCUT2D eigenvalue weighted by atomic mass is 19.1. The molecular formula is C23H27FN8O3. The highest BCUT2D eigenvalue weighted by Gasteiger charge is 2.24. The molecule has 12 heteroatoms. The van der Waals surface area contributed by atoms with E-state index in [9.17, 15) is 9.18 Å². The van der Waals surface area contributed by atoms with Crippen molar-refractivity contribution in [3.63, 3.8) is 0 Å². The average molecular weight is 483 g/mol. The normalized spacial score (nSPS) is 17.2. The van der Waals surface area contributed by atoms with Gasteiger partial charge < -0.3 is 25.4 Å². The lowest BCUT2D eigenvalue weighted by Crippen LogP contribution is -2.49. The smallest absolute Gasteiger partial charge is 0.248 e. The van der Waals surface area contributed by atoms with Gasteiger partial charge in [0.2, 0.25) is 17.8 Å². The molecular weight excluding hydrogens is 455 g/mol. The molecule has 5 rings (SSSR count). The molecule has 0 unspecified atom stereocenters. The molecule has 1 amide bonds. The minimum Gasteiger partial charge on any atom is -0.387 e. The zero-order valence-corrected chi connectivity index (χ0v) is 19.2. The summed E-state index contributed by atoms with van der Waals surface area (Å²) in [6.45, 7) is 4.68. The number of fused-ring (bicyclic) bond motifs is 1. The number of hydrogen-bond acceptors (Lipinski definition) is 10. The number of carbonyl (C=O) groups excluding carboxylic acids is 1. The number of piperazine rings is 1. The Hall–Kier alpha value is -3.48. The van der Waals surface area contributed by atoms with Gasteiger partial charge in [0.05, 0.1) is 24.4 Å². The molecule has 0 spiro atoms. The molecule has 11 nitrogen and oxygen atoms in total. The fourth-order valence-corrected chi connectivity index (χ4v) is 4.46. The highest BCUT2D eigenvalue weighted by molar-refractivity contribution is 5.95. The first-order valence-electron chi connectivity index (χ1n) is 11.5. The van der Waals surface area contributed by atoms with Crippen molar-refractivity contribution < 1.29 is 19.0 Å². The molecule has 2 fully saturated rings. The number of nitrogen functional groups attached to an aromatic ring is 1. The first-order valence-corrected chi connectivity index (χ1v) is 11.5. The molecule has 0 bridgehead atoms. The van der Waals surface area contributed by atoms with E-state index in [4.69, 9.17) is 25.5 Å². The van der Waals surface area contributed by atoms with Gasteiger partial charge in [0.25, 0.3) is 0 Å². The molecule has 0 aliphatic carbocycles. The molecule has 0 saturated carbocycles. The molecule has 1 aromatic carbocycles. The third-order valence-corrected chi connectivity index (χ3v) is 6.33. The van der Waals surface area contributed by atoms with Crippen LogP contribution in [0.2, 0.25) is 0 Å². The number of benzene rings is 1. The Bertz CT molecular complexity index is 1210. The highest BCUT2D eigenvalue weighted by Crippen LogP contribution is 2.31. The van der Waals surface area contributed by atoms with Crippen LogP contribution in [0, 0.1) is 5.82 Å². The molecule has 3 N–H and O–H groups in total. The van der Waals surface area contributed by atoms with Crippen LogP contribution in [-0.4, -0.2) is 99.8 Å². The third-order valence-electron chi connectivity index (χ3n) is 6.33. The summed E-state index contributed by atoms with van der Waals surface area (Å²) in [5.74, 6) is 0.0195. The fourth-order valence-electron chi connectivity index (χ4n) is 4.46. The number of nitrogens with zero attached hydrogens (tertiary/aromatic N) is 7. The van der Waals surface area contributed by atoms with E-state index in [2.05, 4.69) is 19.8 Å². The van der Waals surface area contributed by atoms with Crippen molar-refractivity contribution in [1.82, 2.24) is 29.7 Å². The number of aliphatic hydroxyl groups excluding tert-OH is 1. The van der Waals surface area contributed by atoms with E-state index in [-0.39, 0.29) is 17.7 Å². The molecule has 0 atom stereocenters. The number of ether oxygens (including phenoxy) is 1. The largest absolute Gasteiger partial charge is 0.387 e. The molecule has 4 heterocycles. The maximum atomic E-state index is 14.8. The number of anilines is 2. The number of aromatic nitrogens is 4. The summed E-state index contributed by atoms with van der Waals surface area (Å²) < 4.78 is 20.3. The van der Waals surface area contributed by atoms with Crippen molar-refractivity contribution in [2.24, 2.45) is 0 Å². The molecule has 3 aromatic rings. The van der Waals surface area contributed by atoms with Gasteiger partial charge in [-0.15, -0.1) is 0 Å². The SMILES string of the molecule is Nc1ncc(-c2nc(N3CCOCC3)nc3c(CN4CCN(C(=O)CO)CC4)cc(F)cc23)cn1. The summed E-state index contributed by atoms with van der Waals surface area (Å²) in [6, 6.07) is 2.94. The van der Waals surface area contributed by atoms with Crippen LogP contribution in [0.25, 0.3) is 22.2 Å². The fraction of sp³-hybridized carbons (Fsp3) is 0.435. The summed E-state index contributed by atoms with van der Waals surface area (Å²) in [5, 5.41) is 9.69. The minimum atomic E-state index is -0.493. The predicted molar refractivity (Wildman–Crippen MR) is 127 cm³/mol. The second-order valence-corrected chi connectivity index (χ2v) is 8.58. The summed E-state index contributed by atoms with van der Waals surface area (Å²) in [7, 11) is 0. The second kappa shape index (κ2) is 10.0. The Morgan fingerprint density at radius 1 is 1.06 bits per heavy atom. The van der Waals surface area contributed by atoms with E-state index in [1.165, 1.54) is 12.1 Å². The van der Waals surface area contributed by atoms with Gasteiger partial charge in [-0.25, -0.2) is 24.3 Å². The topological polar surface area (TPSA) is 134 Å². The van der Waals surface area contributed by atoms with Crippen LogP contribution in [0.3, 0.4) is 0 Å². The number of nitrogens with two attached hydrogens (primary N) is 1. The lowest BCUT2D eigenvalue weighted by atomic mass is 10.0. The first kappa shape index (κ1) is 23.3. The van der Waals surface area contributed by atoms with E-state index in [0.717, 1.165) is 5.56 Å². The van der Waals surface area contributed by atoms with Gasteiger partial charge in [0.15, 0.2) is 0 Å². The van der Waals surface area contributed by atoms with Gasteiger partial charge in [0.1, 0.15) is 12.4 Å². The summed E-state index contributed by atoms with van der Waals surface area (Å²) in [6.07, 6.45) is 3.16. The van der Waals surface area contributed by atoms with Gasteiger partial charge in [-0.1, -0.05) is 0 Å². The van der Waals surface area contributed by atoms with Gasteiger partial charge in [-0.3, -0.25) is 9.69 Å². The van der Waals surface area contributed by atoms with E-state index in [0.29, 0.717) is 87.1 Å². The lowest BCUT2D eigenvalue weighted by Gasteiger charge is -2.34. The molecule has 2 saturated heterocycles. The third kappa shape index (κ3) is 4.99. The van der Waals surface area contributed by atoms with Crippen molar-refractivity contribution in [2.75, 3.05) is 69.7 Å². The Kier molecular flexibility index (Phi) is 6.66. The van der Waals surface area contributed by atoms with Gasteiger partial charge >= 0.3 is 0 Å². The maximum Gasteiger partial charge on any atom is 0.248 e. The van der Waals surface area contributed by atoms with Crippen molar-refractivity contribution in [2.45, 2.75) is 6.54 Å². The Balaban J connectivity index is 1.54. The maximum absolute atomic E-state index is 14.8. The minimum absolute atomic E-state index is 0.145. The van der Waals surface area contributed by atoms with Crippen LogP contribution >= 0.6 is 0 Å². The van der Waals surface area contributed by atoms with Crippen LogP contribution in [-0.2, 0) is 16.1 Å².